The molecule has 0 atom stereocenters. The summed E-state index contributed by atoms with van der Waals surface area (Å²) in [5, 5.41) is 9.35. The molecule has 5 nitrogen and oxygen atoms in total. The van der Waals surface area contributed by atoms with Gasteiger partial charge in [-0.3, -0.25) is 0 Å². The van der Waals surface area contributed by atoms with E-state index in [2.05, 4.69) is 10.2 Å². The smallest absolute Gasteiger partial charge is 0.212 e. The van der Waals surface area contributed by atoms with Gasteiger partial charge in [-0.2, -0.15) is 0 Å². The molecule has 0 spiro atoms. The standard InChI is InChI=1S/C16H19F2N3O2S2/c1-2-9-25(22,23)21-7-5-11(6-8-21)15-19-20-16(24-15)13-4-3-12(17)10-14(13)18/h3-4,10-11H,2,5-9H2,1H3. The maximum absolute atomic E-state index is 13.9. The third-order valence-corrected chi connectivity index (χ3v) is 7.46. The van der Waals surface area contributed by atoms with E-state index in [0.717, 1.165) is 11.1 Å². The molecule has 136 valence electrons. The van der Waals surface area contributed by atoms with Gasteiger partial charge < -0.3 is 0 Å². The average molecular weight is 387 g/mol. The predicted molar refractivity (Wildman–Crippen MR) is 92.9 cm³/mol. The molecule has 3 rings (SSSR count). The maximum atomic E-state index is 13.9. The highest BCUT2D eigenvalue weighted by Gasteiger charge is 2.29. The second-order valence-electron chi connectivity index (χ2n) is 6.06. The lowest BCUT2D eigenvalue weighted by molar-refractivity contribution is 0.318. The van der Waals surface area contributed by atoms with Crippen LogP contribution in [0.25, 0.3) is 10.6 Å². The summed E-state index contributed by atoms with van der Waals surface area (Å²) in [6.07, 6.45) is 1.94. The third-order valence-electron chi connectivity index (χ3n) is 4.26. The first-order valence-electron chi connectivity index (χ1n) is 8.17. The fourth-order valence-electron chi connectivity index (χ4n) is 2.94. The second-order valence-corrected chi connectivity index (χ2v) is 9.16. The van der Waals surface area contributed by atoms with Crippen molar-refractivity contribution in [1.29, 1.82) is 0 Å². The van der Waals surface area contributed by atoms with Crippen molar-refractivity contribution in [2.24, 2.45) is 0 Å². The summed E-state index contributed by atoms with van der Waals surface area (Å²) in [7, 11) is -3.17. The Labute approximate surface area is 149 Å². The molecule has 1 fully saturated rings. The summed E-state index contributed by atoms with van der Waals surface area (Å²) >= 11 is 1.28. The van der Waals surface area contributed by atoms with Gasteiger partial charge >= 0.3 is 0 Å². The molecule has 1 aliphatic heterocycles. The molecule has 2 heterocycles. The molecule has 2 aromatic rings. The van der Waals surface area contributed by atoms with E-state index in [0.29, 0.717) is 37.4 Å². The van der Waals surface area contributed by atoms with Gasteiger partial charge in [0.2, 0.25) is 10.0 Å². The third kappa shape index (κ3) is 4.04. The Morgan fingerprint density at radius 3 is 2.60 bits per heavy atom. The molecule has 1 aromatic heterocycles. The average Bonchev–Trinajstić information content (AvgIpc) is 3.04. The van der Waals surface area contributed by atoms with Crippen LogP contribution in [0.2, 0.25) is 0 Å². The van der Waals surface area contributed by atoms with E-state index >= 15 is 0 Å². The van der Waals surface area contributed by atoms with Gasteiger partial charge in [-0.25, -0.2) is 21.5 Å². The summed E-state index contributed by atoms with van der Waals surface area (Å²) in [6, 6.07) is 3.37. The van der Waals surface area contributed by atoms with E-state index in [1.165, 1.54) is 27.8 Å². The summed E-state index contributed by atoms with van der Waals surface area (Å²) in [6.45, 7) is 2.78. The van der Waals surface area contributed by atoms with Crippen LogP contribution in [0, 0.1) is 11.6 Å². The van der Waals surface area contributed by atoms with Crippen LogP contribution in [-0.4, -0.2) is 41.8 Å². The van der Waals surface area contributed by atoms with Crippen LogP contribution >= 0.6 is 11.3 Å². The molecule has 0 radical (unpaired) electrons. The molecule has 25 heavy (non-hydrogen) atoms. The van der Waals surface area contributed by atoms with Gasteiger partial charge in [0.1, 0.15) is 16.6 Å². The predicted octanol–water partition coefficient (Wildman–Crippen LogP) is 3.40. The molecule has 0 N–H and O–H groups in total. The molecule has 9 heteroatoms. The molecular formula is C16H19F2N3O2S2. The van der Waals surface area contributed by atoms with Gasteiger partial charge in [0.15, 0.2) is 5.01 Å². The molecule has 1 aliphatic rings. The fraction of sp³-hybridized carbons (Fsp3) is 0.500. The van der Waals surface area contributed by atoms with E-state index in [1.807, 2.05) is 6.92 Å². The first-order chi connectivity index (χ1) is 11.9. The SMILES string of the molecule is CCCS(=O)(=O)N1CCC(c2nnc(-c3ccc(F)cc3F)s2)CC1. The second kappa shape index (κ2) is 7.43. The van der Waals surface area contributed by atoms with E-state index < -0.39 is 21.7 Å². The Morgan fingerprint density at radius 2 is 1.96 bits per heavy atom. The maximum Gasteiger partial charge on any atom is 0.214 e. The van der Waals surface area contributed by atoms with Crippen LogP contribution in [0.1, 0.15) is 37.1 Å². The van der Waals surface area contributed by atoms with Crippen molar-refractivity contribution in [3.8, 4) is 10.6 Å². The zero-order valence-electron chi connectivity index (χ0n) is 13.8. The lowest BCUT2D eigenvalue weighted by Crippen LogP contribution is -2.39. The molecule has 0 aliphatic carbocycles. The van der Waals surface area contributed by atoms with Gasteiger partial charge in [-0.05, 0) is 31.4 Å². The molecule has 0 bridgehead atoms. The molecular weight excluding hydrogens is 368 g/mol. The van der Waals surface area contributed by atoms with Crippen LogP contribution < -0.4 is 0 Å². The number of rotatable bonds is 5. The topological polar surface area (TPSA) is 63.2 Å². The van der Waals surface area contributed by atoms with E-state index in [4.69, 9.17) is 0 Å². The van der Waals surface area contributed by atoms with Gasteiger partial charge in [0, 0.05) is 30.6 Å². The van der Waals surface area contributed by atoms with Gasteiger partial charge in [0.25, 0.3) is 0 Å². The van der Waals surface area contributed by atoms with Gasteiger partial charge in [-0.1, -0.05) is 18.3 Å². The van der Waals surface area contributed by atoms with Crippen molar-refractivity contribution < 1.29 is 17.2 Å². The van der Waals surface area contributed by atoms with Crippen molar-refractivity contribution in [2.45, 2.75) is 32.1 Å². The summed E-state index contributed by atoms with van der Waals surface area (Å²) < 4.78 is 52.6. The first-order valence-corrected chi connectivity index (χ1v) is 10.6. The normalized spacial score (nSPS) is 17.1. The molecule has 0 saturated carbocycles. The van der Waals surface area contributed by atoms with Crippen LogP contribution in [0.3, 0.4) is 0 Å². The van der Waals surface area contributed by atoms with Crippen molar-refractivity contribution >= 4 is 21.4 Å². The Kier molecular flexibility index (Phi) is 5.45. The van der Waals surface area contributed by atoms with Crippen molar-refractivity contribution in [3.05, 3.63) is 34.8 Å². The van der Waals surface area contributed by atoms with Crippen molar-refractivity contribution in [3.63, 3.8) is 0 Å². The Hall–Kier alpha value is -1.45. The zero-order chi connectivity index (χ0) is 18.0. The zero-order valence-corrected chi connectivity index (χ0v) is 15.4. The van der Waals surface area contributed by atoms with Crippen LogP contribution in [0.4, 0.5) is 8.78 Å². The molecule has 0 unspecified atom stereocenters. The number of nitrogens with zero attached hydrogens (tertiary/aromatic N) is 3. The monoisotopic (exact) mass is 387 g/mol. The minimum atomic E-state index is -3.17. The summed E-state index contributed by atoms with van der Waals surface area (Å²) in [5.41, 5.74) is 0.230. The summed E-state index contributed by atoms with van der Waals surface area (Å²) in [5.74, 6) is -1.01. The minimum absolute atomic E-state index is 0.114. The lowest BCUT2D eigenvalue weighted by atomic mass is 9.99. The number of hydrogen-bond acceptors (Lipinski definition) is 5. The van der Waals surface area contributed by atoms with E-state index in [9.17, 15) is 17.2 Å². The number of benzene rings is 1. The number of sulfonamides is 1. The minimum Gasteiger partial charge on any atom is -0.212 e. The van der Waals surface area contributed by atoms with Crippen LogP contribution in [0.5, 0.6) is 0 Å². The molecule has 1 saturated heterocycles. The number of piperidine rings is 1. The largest absolute Gasteiger partial charge is 0.214 e. The highest BCUT2D eigenvalue weighted by molar-refractivity contribution is 7.89. The number of aromatic nitrogens is 2. The highest BCUT2D eigenvalue weighted by atomic mass is 32.2. The van der Waals surface area contributed by atoms with Gasteiger partial charge in [-0.15, -0.1) is 10.2 Å². The van der Waals surface area contributed by atoms with Crippen molar-refractivity contribution in [2.75, 3.05) is 18.8 Å². The number of hydrogen-bond donors (Lipinski definition) is 0. The Bertz CT molecular complexity index is 847. The van der Waals surface area contributed by atoms with E-state index in [-0.39, 0.29) is 17.2 Å². The van der Waals surface area contributed by atoms with Crippen LogP contribution in [-0.2, 0) is 10.0 Å². The fourth-order valence-corrected chi connectivity index (χ4v) is 5.52. The van der Waals surface area contributed by atoms with Crippen LogP contribution in [0.15, 0.2) is 18.2 Å². The van der Waals surface area contributed by atoms with E-state index in [1.54, 1.807) is 0 Å². The number of halogens is 2. The summed E-state index contributed by atoms with van der Waals surface area (Å²) in [4.78, 5) is 0. The quantitative estimate of drug-likeness (QED) is 0.789. The molecule has 1 aromatic carbocycles. The van der Waals surface area contributed by atoms with Gasteiger partial charge in [0.05, 0.1) is 5.75 Å². The Balaban J connectivity index is 1.70. The van der Waals surface area contributed by atoms with Crippen molar-refractivity contribution in [1.82, 2.24) is 14.5 Å². The molecule has 0 amide bonds. The first kappa shape index (κ1) is 18.3. The highest BCUT2D eigenvalue weighted by Crippen LogP contribution is 2.34. The Morgan fingerprint density at radius 1 is 1.24 bits per heavy atom. The lowest BCUT2D eigenvalue weighted by Gasteiger charge is -2.29.